The molecule has 3 fully saturated rings. The lowest BCUT2D eigenvalue weighted by atomic mass is 9.96. The number of fused-ring (bicyclic) bond motifs is 15. The first-order chi connectivity index (χ1) is 20.6. The normalized spacial score (nSPS) is 24.5. The van der Waals surface area contributed by atoms with E-state index in [1.54, 1.807) is 0 Å². The van der Waals surface area contributed by atoms with Gasteiger partial charge < -0.3 is 42.5 Å². The van der Waals surface area contributed by atoms with Crippen LogP contribution in [0, 0.1) is 0 Å². The second-order valence-corrected chi connectivity index (χ2v) is 11.0. The van der Waals surface area contributed by atoms with Gasteiger partial charge in [-0.25, -0.2) is 0 Å². The lowest BCUT2D eigenvalue weighted by Crippen LogP contribution is -2.66. The number of nitrogens with zero attached hydrogens (tertiary/aromatic N) is 6. The Kier molecular flexibility index (Phi) is 12.8. The van der Waals surface area contributed by atoms with Crippen LogP contribution >= 0.6 is 0 Å². The number of rotatable bonds is 8. The van der Waals surface area contributed by atoms with E-state index in [2.05, 4.69) is 62.6 Å². The van der Waals surface area contributed by atoms with Gasteiger partial charge in [-0.3, -0.25) is 0 Å². The van der Waals surface area contributed by atoms with Crippen LogP contribution in [0.4, 0.5) is 11.4 Å². The molecule has 3 aliphatic rings. The highest BCUT2D eigenvalue weighted by atomic mass is 15.2. The van der Waals surface area contributed by atoms with Gasteiger partial charge in [-0.15, -0.1) is 0 Å². The third-order valence-electron chi connectivity index (χ3n) is 7.74. The van der Waals surface area contributed by atoms with Crippen molar-refractivity contribution in [1.82, 2.24) is 42.5 Å². The summed E-state index contributed by atoms with van der Waals surface area (Å²) in [6.45, 7) is 11.4. The molecule has 14 nitrogen and oxygen atoms in total. The van der Waals surface area contributed by atoms with E-state index in [0.29, 0.717) is 24.5 Å². The van der Waals surface area contributed by atoms with Crippen LogP contribution in [-0.4, -0.2) is 89.6 Å². The maximum atomic E-state index is 8.68. The van der Waals surface area contributed by atoms with E-state index in [0.717, 1.165) is 89.7 Å². The summed E-state index contributed by atoms with van der Waals surface area (Å²) in [5.74, 6) is 0. The van der Waals surface area contributed by atoms with Crippen LogP contribution in [0.15, 0.2) is 58.8 Å². The Hall–Kier alpha value is -3.26. The van der Waals surface area contributed by atoms with Gasteiger partial charge in [-0.05, 0) is 22.2 Å². The van der Waals surface area contributed by atoms with Gasteiger partial charge >= 0.3 is 0 Å². The van der Waals surface area contributed by atoms with Gasteiger partial charge in [-0.2, -0.15) is 0 Å². The van der Waals surface area contributed by atoms with E-state index in [4.69, 9.17) is 11.1 Å². The van der Waals surface area contributed by atoms with Crippen LogP contribution in [0.5, 0.6) is 0 Å². The third-order valence-corrected chi connectivity index (χ3v) is 7.74. The van der Waals surface area contributed by atoms with Gasteiger partial charge in [0.05, 0.1) is 11.1 Å². The first kappa shape index (κ1) is 31.7. The van der Waals surface area contributed by atoms with Gasteiger partial charge in [0, 0.05) is 113 Å². The molecular formula is C28H44N14. The van der Waals surface area contributed by atoms with Crippen molar-refractivity contribution in [2.75, 3.05) is 78.5 Å². The molecule has 2 aromatic carbocycles. The summed E-state index contributed by atoms with van der Waals surface area (Å²) >= 11 is 0. The SMILES string of the molecule is [N-]=[N+]=Nc1ccc(CNC23CNCCNCC(NCc4ccc(N=[N+]=[N-])cc4)(CNCCNC2)CNCCNC3)cc1. The minimum Gasteiger partial charge on any atom is -0.314 e. The van der Waals surface area contributed by atoms with Crippen LogP contribution in [0.2, 0.25) is 0 Å². The first-order valence-corrected chi connectivity index (χ1v) is 14.7. The van der Waals surface area contributed by atoms with E-state index in [1.165, 1.54) is 0 Å². The van der Waals surface area contributed by atoms with Crippen molar-refractivity contribution >= 4 is 11.4 Å². The van der Waals surface area contributed by atoms with Crippen molar-refractivity contribution < 1.29 is 0 Å². The lowest BCUT2D eigenvalue weighted by molar-refractivity contribution is 0.253. The molecule has 0 saturated carbocycles. The molecule has 3 saturated heterocycles. The first-order valence-electron chi connectivity index (χ1n) is 14.7. The van der Waals surface area contributed by atoms with Crippen molar-refractivity contribution in [3.63, 3.8) is 0 Å². The molecule has 2 aromatic rings. The maximum absolute atomic E-state index is 8.68. The highest BCUT2D eigenvalue weighted by Gasteiger charge is 2.31. The summed E-state index contributed by atoms with van der Waals surface area (Å²) in [5, 5.41) is 37.2. The monoisotopic (exact) mass is 576 g/mol. The predicted octanol–water partition coefficient (Wildman–Crippen LogP) is 1.49. The molecule has 0 spiro atoms. The van der Waals surface area contributed by atoms with E-state index >= 15 is 0 Å². The van der Waals surface area contributed by atoms with E-state index in [1.807, 2.05) is 48.5 Å². The number of azide groups is 2. The molecule has 0 atom stereocenters. The molecule has 3 heterocycles. The Labute approximate surface area is 247 Å². The molecular weight excluding hydrogens is 532 g/mol. The lowest BCUT2D eigenvalue weighted by Gasteiger charge is -2.39. The van der Waals surface area contributed by atoms with Gasteiger partial charge in [0.25, 0.3) is 0 Å². The fraction of sp³-hybridized carbons (Fsp3) is 0.571. The quantitative estimate of drug-likeness (QED) is 0.131. The second kappa shape index (κ2) is 17.0. The summed E-state index contributed by atoms with van der Waals surface area (Å²) in [6.07, 6.45) is 0. The van der Waals surface area contributed by atoms with Crippen LogP contribution in [-0.2, 0) is 13.1 Å². The molecule has 0 aliphatic carbocycles. The summed E-state index contributed by atoms with van der Waals surface area (Å²) in [7, 11) is 0. The minimum absolute atomic E-state index is 0.197. The average Bonchev–Trinajstić information content (AvgIpc) is 3.01. The van der Waals surface area contributed by atoms with Crippen molar-refractivity contribution in [3.8, 4) is 0 Å². The zero-order valence-electron chi connectivity index (χ0n) is 24.2. The Bertz CT molecular complexity index is 1040. The molecule has 5 rings (SSSR count). The minimum atomic E-state index is -0.197. The Morgan fingerprint density at radius 3 is 1.07 bits per heavy atom. The summed E-state index contributed by atoms with van der Waals surface area (Å²) in [4.78, 5) is 5.74. The van der Waals surface area contributed by atoms with Crippen LogP contribution in [0.3, 0.4) is 0 Å². The molecule has 0 unspecified atom stereocenters. The van der Waals surface area contributed by atoms with E-state index in [9.17, 15) is 0 Å². The third kappa shape index (κ3) is 10.2. The Morgan fingerprint density at radius 1 is 0.524 bits per heavy atom. The zero-order valence-corrected chi connectivity index (χ0v) is 24.2. The largest absolute Gasteiger partial charge is 0.314 e. The summed E-state index contributed by atoms with van der Waals surface area (Å²) in [6, 6.07) is 15.4. The molecule has 226 valence electrons. The number of benzene rings is 2. The molecule has 42 heavy (non-hydrogen) atoms. The smallest absolute Gasteiger partial charge is 0.0561 e. The summed E-state index contributed by atoms with van der Waals surface area (Å²) < 4.78 is 0. The number of nitrogens with one attached hydrogen (secondary N) is 8. The number of hydrogen-bond donors (Lipinski definition) is 8. The Morgan fingerprint density at radius 2 is 0.810 bits per heavy atom. The van der Waals surface area contributed by atoms with Crippen molar-refractivity contribution in [2.45, 2.75) is 24.2 Å². The fourth-order valence-corrected chi connectivity index (χ4v) is 5.29. The van der Waals surface area contributed by atoms with Gasteiger partial charge in [0.1, 0.15) is 0 Å². The zero-order chi connectivity index (χ0) is 29.4. The molecule has 2 bridgehead atoms. The van der Waals surface area contributed by atoms with Crippen molar-refractivity contribution in [1.29, 1.82) is 0 Å². The van der Waals surface area contributed by atoms with Gasteiger partial charge in [0.15, 0.2) is 0 Å². The summed E-state index contributed by atoms with van der Waals surface area (Å²) in [5.41, 5.74) is 20.5. The number of hydrogen-bond acceptors (Lipinski definition) is 10. The predicted molar refractivity (Wildman–Crippen MR) is 167 cm³/mol. The maximum Gasteiger partial charge on any atom is 0.0561 e. The van der Waals surface area contributed by atoms with Crippen LogP contribution in [0.1, 0.15) is 11.1 Å². The van der Waals surface area contributed by atoms with Crippen molar-refractivity contribution in [2.24, 2.45) is 10.2 Å². The highest BCUT2D eigenvalue weighted by Crippen LogP contribution is 2.15. The fourth-order valence-electron chi connectivity index (χ4n) is 5.29. The van der Waals surface area contributed by atoms with Crippen molar-refractivity contribution in [3.05, 3.63) is 80.5 Å². The van der Waals surface area contributed by atoms with E-state index < -0.39 is 0 Å². The molecule has 0 amide bonds. The van der Waals surface area contributed by atoms with Crippen LogP contribution in [0.25, 0.3) is 20.9 Å². The van der Waals surface area contributed by atoms with Crippen LogP contribution < -0.4 is 42.5 Å². The molecule has 14 heteroatoms. The standard InChI is InChI=1S/C28H44N14/c29-41-39-25-5-1-23(2-6-25)15-37-27-17-31-9-12-34-20-28(21-35-13-10-32-18-27,22-36-14-11-33-19-27)38-16-24-3-7-26(8-4-24)40-42-30/h1-8,31-38H,9-22H2. The topological polar surface area (TPSA) is 194 Å². The highest BCUT2D eigenvalue weighted by molar-refractivity contribution is 5.39. The average molecular weight is 577 g/mol. The molecule has 0 aromatic heterocycles. The van der Waals surface area contributed by atoms with Gasteiger partial charge in [0.2, 0.25) is 0 Å². The second-order valence-electron chi connectivity index (χ2n) is 11.0. The van der Waals surface area contributed by atoms with E-state index in [-0.39, 0.29) is 11.1 Å². The molecule has 0 radical (unpaired) electrons. The Balaban J connectivity index is 1.42. The van der Waals surface area contributed by atoms with Gasteiger partial charge in [-0.1, -0.05) is 58.8 Å². The molecule has 8 N–H and O–H groups in total. The molecule has 3 aliphatic heterocycles.